The van der Waals surface area contributed by atoms with Gasteiger partial charge in [-0.15, -0.1) is 0 Å². The minimum absolute atomic E-state index is 0.132. The first-order chi connectivity index (χ1) is 9.02. The van der Waals surface area contributed by atoms with Crippen molar-refractivity contribution in [3.05, 3.63) is 35.7 Å². The van der Waals surface area contributed by atoms with Crippen molar-refractivity contribution < 1.29 is 9.53 Å². The predicted molar refractivity (Wildman–Crippen MR) is 75.1 cm³/mol. The van der Waals surface area contributed by atoms with E-state index in [4.69, 9.17) is 4.74 Å². The van der Waals surface area contributed by atoms with Crippen LogP contribution in [0.2, 0.25) is 0 Å². The van der Waals surface area contributed by atoms with E-state index in [0.29, 0.717) is 12.3 Å². The Kier molecular flexibility index (Phi) is 6.02. The number of carbonyl (C=O) groups excluding carboxylic acids is 1. The van der Waals surface area contributed by atoms with Crippen LogP contribution in [0.1, 0.15) is 11.4 Å². The first kappa shape index (κ1) is 15.2. The molecule has 0 atom stereocenters. The van der Waals surface area contributed by atoms with Crippen LogP contribution in [0.15, 0.2) is 24.3 Å². The van der Waals surface area contributed by atoms with E-state index in [1.165, 1.54) is 6.08 Å². The molecule has 0 bridgehead atoms. The molecule has 1 heterocycles. The molecule has 5 nitrogen and oxygen atoms in total. The van der Waals surface area contributed by atoms with Crippen LogP contribution in [-0.4, -0.2) is 43.5 Å². The Hall–Kier alpha value is -1.88. The quantitative estimate of drug-likeness (QED) is 0.782. The maximum Gasteiger partial charge on any atom is 0.244 e. The summed E-state index contributed by atoms with van der Waals surface area (Å²) in [5.41, 5.74) is 1.63. The lowest BCUT2D eigenvalue weighted by Gasteiger charge is -2.09. The Bertz CT molecular complexity index is 456. The Morgan fingerprint density at radius 1 is 1.47 bits per heavy atom. The average Bonchev–Trinajstić information content (AvgIpc) is 2.36. The van der Waals surface area contributed by atoms with E-state index >= 15 is 0 Å². The number of aromatic nitrogens is 1. The minimum Gasteiger partial charge on any atom is -0.495 e. The van der Waals surface area contributed by atoms with Crippen molar-refractivity contribution in [1.82, 2.24) is 15.2 Å². The predicted octanol–water partition coefficient (Wildman–Crippen LogP) is 1.13. The highest BCUT2D eigenvalue weighted by atomic mass is 16.5. The number of hydrogen-bond donors (Lipinski definition) is 1. The third kappa shape index (κ3) is 5.52. The summed E-state index contributed by atoms with van der Waals surface area (Å²) in [5.74, 6) is 0.551. The highest BCUT2D eigenvalue weighted by molar-refractivity contribution is 5.87. The molecule has 19 heavy (non-hydrogen) atoms. The first-order valence-corrected chi connectivity index (χ1v) is 6.12. The summed E-state index contributed by atoms with van der Waals surface area (Å²) in [6.07, 6.45) is 3.35. The Morgan fingerprint density at radius 2 is 2.21 bits per heavy atom. The van der Waals surface area contributed by atoms with E-state index < -0.39 is 0 Å². The zero-order valence-corrected chi connectivity index (χ0v) is 11.9. The van der Waals surface area contributed by atoms with Crippen LogP contribution < -0.4 is 10.1 Å². The molecule has 104 valence electrons. The molecule has 0 radical (unpaired) electrons. The molecule has 1 amide bonds. The molecule has 1 aromatic heterocycles. The molecule has 1 aromatic rings. The Morgan fingerprint density at radius 3 is 2.84 bits per heavy atom. The molecule has 0 spiro atoms. The highest BCUT2D eigenvalue weighted by Gasteiger charge is 2.05. The van der Waals surface area contributed by atoms with Gasteiger partial charge in [0.15, 0.2) is 0 Å². The molecule has 1 rings (SSSR count). The minimum atomic E-state index is -0.132. The fourth-order valence-corrected chi connectivity index (χ4v) is 1.51. The number of rotatable bonds is 6. The van der Waals surface area contributed by atoms with Gasteiger partial charge in [0.2, 0.25) is 5.91 Å². The van der Waals surface area contributed by atoms with Gasteiger partial charge in [-0.3, -0.25) is 9.78 Å². The number of nitrogens with one attached hydrogen (secondary N) is 1. The largest absolute Gasteiger partial charge is 0.495 e. The van der Waals surface area contributed by atoms with Crippen molar-refractivity contribution in [2.24, 2.45) is 0 Å². The van der Waals surface area contributed by atoms with Crippen LogP contribution in [0.5, 0.6) is 5.75 Å². The van der Waals surface area contributed by atoms with E-state index in [2.05, 4.69) is 10.3 Å². The molecular formula is C14H21N3O2. The monoisotopic (exact) mass is 263 g/mol. The fourth-order valence-electron chi connectivity index (χ4n) is 1.51. The molecule has 0 saturated carbocycles. The fraction of sp³-hybridized carbons (Fsp3) is 0.429. The number of aryl methyl sites for hydroxylation is 1. The zero-order valence-electron chi connectivity index (χ0n) is 11.9. The molecule has 5 heteroatoms. The lowest BCUT2D eigenvalue weighted by atomic mass is 10.3. The van der Waals surface area contributed by atoms with Crippen molar-refractivity contribution in [2.45, 2.75) is 13.5 Å². The molecule has 0 aliphatic heterocycles. The number of methoxy groups -OCH3 is 1. The number of pyridine rings is 1. The third-order valence-corrected chi connectivity index (χ3v) is 2.46. The van der Waals surface area contributed by atoms with Gasteiger partial charge in [0.25, 0.3) is 0 Å². The van der Waals surface area contributed by atoms with Crippen LogP contribution in [0.25, 0.3) is 0 Å². The highest BCUT2D eigenvalue weighted by Crippen LogP contribution is 2.15. The van der Waals surface area contributed by atoms with Gasteiger partial charge >= 0.3 is 0 Å². The van der Waals surface area contributed by atoms with E-state index in [1.54, 1.807) is 7.11 Å². The van der Waals surface area contributed by atoms with Crippen molar-refractivity contribution in [3.8, 4) is 5.75 Å². The van der Waals surface area contributed by atoms with E-state index in [-0.39, 0.29) is 5.91 Å². The summed E-state index contributed by atoms with van der Waals surface area (Å²) in [4.78, 5) is 17.9. The number of amides is 1. The molecular weight excluding hydrogens is 242 g/mol. The molecule has 0 aliphatic rings. The second kappa shape index (κ2) is 7.53. The number of carbonyl (C=O) groups is 1. The first-order valence-electron chi connectivity index (χ1n) is 6.12. The number of likely N-dealkylation sites (N-methyl/N-ethyl adjacent to an activating group) is 1. The SMILES string of the molecule is COc1ccc(C)nc1CNC(=O)/C=C/CN(C)C. The second-order valence-corrected chi connectivity index (χ2v) is 4.48. The number of hydrogen-bond acceptors (Lipinski definition) is 4. The lowest BCUT2D eigenvalue weighted by Crippen LogP contribution is -2.22. The summed E-state index contributed by atoms with van der Waals surface area (Å²) in [6.45, 7) is 3.00. The topological polar surface area (TPSA) is 54.5 Å². The third-order valence-electron chi connectivity index (χ3n) is 2.46. The van der Waals surface area contributed by atoms with Crippen LogP contribution in [0.4, 0.5) is 0 Å². The summed E-state index contributed by atoms with van der Waals surface area (Å²) in [6, 6.07) is 3.73. The summed E-state index contributed by atoms with van der Waals surface area (Å²) in [5, 5.41) is 2.79. The summed E-state index contributed by atoms with van der Waals surface area (Å²) < 4.78 is 5.21. The maximum absolute atomic E-state index is 11.6. The van der Waals surface area contributed by atoms with Crippen LogP contribution in [-0.2, 0) is 11.3 Å². The van der Waals surface area contributed by atoms with Crippen molar-refractivity contribution >= 4 is 5.91 Å². The standard InChI is InChI=1S/C14H21N3O2/c1-11-7-8-13(19-4)12(16-11)10-15-14(18)6-5-9-17(2)3/h5-8H,9-10H2,1-4H3,(H,15,18)/b6-5+. The van der Waals surface area contributed by atoms with Crippen molar-refractivity contribution in [1.29, 1.82) is 0 Å². The smallest absolute Gasteiger partial charge is 0.244 e. The summed E-state index contributed by atoms with van der Waals surface area (Å²) >= 11 is 0. The van der Waals surface area contributed by atoms with Gasteiger partial charge in [0.1, 0.15) is 11.4 Å². The summed E-state index contributed by atoms with van der Waals surface area (Å²) in [7, 11) is 5.49. The van der Waals surface area contributed by atoms with Gasteiger partial charge in [-0.25, -0.2) is 0 Å². The Labute approximate surface area is 114 Å². The molecule has 0 fully saturated rings. The van der Waals surface area contributed by atoms with E-state index in [9.17, 15) is 4.79 Å². The molecule has 0 aliphatic carbocycles. The van der Waals surface area contributed by atoms with Crippen molar-refractivity contribution in [3.63, 3.8) is 0 Å². The van der Waals surface area contributed by atoms with E-state index in [1.807, 2.05) is 44.1 Å². The number of ether oxygens (including phenoxy) is 1. The van der Waals surface area contributed by atoms with Crippen molar-refractivity contribution in [2.75, 3.05) is 27.7 Å². The molecule has 0 aromatic carbocycles. The maximum atomic E-state index is 11.6. The normalized spacial score (nSPS) is 11.0. The van der Waals surface area contributed by atoms with Gasteiger partial charge in [-0.1, -0.05) is 6.08 Å². The number of nitrogens with zero attached hydrogens (tertiary/aromatic N) is 2. The molecule has 0 unspecified atom stereocenters. The van der Waals surface area contributed by atoms with Gasteiger partial charge in [-0.2, -0.15) is 0 Å². The van der Waals surface area contributed by atoms with Crippen LogP contribution in [0, 0.1) is 6.92 Å². The second-order valence-electron chi connectivity index (χ2n) is 4.48. The van der Waals surface area contributed by atoms with Crippen LogP contribution >= 0.6 is 0 Å². The van der Waals surface area contributed by atoms with Gasteiger partial charge in [0, 0.05) is 18.3 Å². The van der Waals surface area contributed by atoms with Gasteiger partial charge in [-0.05, 0) is 33.2 Å². The zero-order chi connectivity index (χ0) is 14.3. The Balaban J connectivity index is 2.54. The van der Waals surface area contributed by atoms with Crippen LogP contribution in [0.3, 0.4) is 0 Å². The van der Waals surface area contributed by atoms with Gasteiger partial charge in [0.05, 0.1) is 13.7 Å². The molecule has 1 N–H and O–H groups in total. The molecule has 0 saturated heterocycles. The lowest BCUT2D eigenvalue weighted by molar-refractivity contribution is -0.116. The van der Waals surface area contributed by atoms with E-state index in [0.717, 1.165) is 17.9 Å². The van der Waals surface area contributed by atoms with Gasteiger partial charge < -0.3 is 15.0 Å². The average molecular weight is 263 g/mol.